The zero-order chi connectivity index (χ0) is 18.7. The molecule has 0 unspecified atom stereocenters. The highest BCUT2D eigenvalue weighted by atomic mass is 35.5. The lowest BCUT2D eigenvalue weighted by Crippen LogP contribution is -2.13. The van der Waals surface area contributed by atoms with E-state index >= 15 is 0 Å². The van der Waals surface area contributed by atoms with Gasteiger partial charge in [-0.3, -0.25) is 9.79 Å². The largest absolute Gasteiger partial charge is 0.507 e. The van der Waals surface area contributed by atoms with Crippen LogP contribution in [0.1, 0.15) is 15.9 Å². The van der Waals surface area contributed by atoms with E-state index in [1.165, 1.54) is 23.5 Å². The number of aromatic hydroxyl groups is 1. The first kappa shape index (κ1) is 17.9. The van der Waals surface area contributed by atoms with E-state index in [0.29, 0.717) is 15.4 Å². The van der Waals surface area contributed by atoms with Gasteiger partial charge in [-0.15, -0.1) is 11.3 Å². The van der Waals surface area contributed by atoms with Gasteiger partial charge in [0.15, 0.2) is 0 Å². The van der Waals surface area contributed by atoms with Gasteiger partial charge in [0.1, 0.15) is 5.75 Å². The van der Waals surface area contributed by atoms with Crippen LogP contribution in [0.3, 0.4) is 0 Å². The molecule has 8 heteroatoms. The van der Waals surface area contributed by atoms with E-state index in [1.54, 1.807) is 36.1 Å². The highest BCUT2D eigenvalue weighted by Crippen LogP contribution is 2.26. The fraction of sp³-hybridized carbons (Fsp3) is 0.0556. The zero-order valence-corrected chi connectivity index (χ0v) is 15.3. The molecule has 3 aromatic rings. The topological polar surface area (TPSA) is 93.0 Å². The van der Waals surface area contributed by atoms with Crippen molar-refractivity contribution in [2.24, 2.45) is 15.8 Å². The average molecular weight is 387 g/mol. The van der Waals surface area contributed by atoms with Crippen LogP contribution in [0.15, 0.2) is 57.9 Å². The lowest BCUT2D eigenvalue weighted by atomic mass is 10.1. The maximum Gasteiger partial charge on any atom is 0.252 e. The number of phenols is 1. The van der Waals surface area contributed by atoms with Crippen LogP contribution in [-0.2, 0) is 0 Å². The van der Waals surface area contributed by atoms with Crippen LogP contribution in [0.4, 0.5) is 0 Å². The van der Waals surface area contributed by atoms with Gasteiger partial charge in [0.2, 0.25) is 4.80 Å². The molecule has 0 aliphatic carbocycles. The summed E-state index contributed by atoms with van der Waals surface area (Å²) in [6, 6.07) is 11.9. The number of carbonyl (C=O) groups is 1. The van der Waals surface area contributed by atoms with Gasteiger partial charge in [0, 0.05) is 23.0 Å². The third-order valence-corrected chi connectivity index (χ3v) is 4.79. The third kappa shape index (κ3) is 3.68. The van der Waals surface area contributed by atoms with Gasteiger partial charge in [-0.05, 0) is 35.9 Å². The molecule has 1 amide bonds. The van der Waals surface area contributed by atoms with Gasteiger partial charge in [-0.2, -0.15) is 5.10 Å². The number of nitrogens with zero attached hydrogens (tertiary/aromatic N) is 3. The number of benzene rings is 2. The van der Waals surface area contributed by atoms with Crippen LogP contribution >= 0.6 is 22.9 Å². The van der Waals surface area contributed by atoms with Gasteiger partial charge in [0.05, 0.1) is 17.5 Å². The first-order valence-electron chi connectivity index (χ1n) is 7.56. The minimum Gasteiger partial charge on any atom is -0.507 e. The fourth-order valence-corrected chi connectivity index (χ4v) is 3.26. The third-order valence-electron chi connectivity index (χ3n) is 3.63. The van der Waals surface area contributed by atoms with Crippen LogP contribution < -0.4 is 10.5 Å². The van der Waals surface area contributed by atoms with Crippen molar-refractivity contribution in [2.45, 2.75) is 0 Å². The molecule has 2 aromatic carbocycles. The Kier molecular flexibility index (Phi) is 5.20. The number of rotatable bonds is 4. The number of hydrogen-bond donors (Lipinski definition) is 2. The summed E-state index contributed by atoms with van der Waals surface area (Å²) in [6.45, 7) is 0. The second-order valence-corrected chi connectivity index (χ2v) is 6.60. The van der Waals surface area contributed by atoms with Crippen LogP contribution in [0.2, 0.25) is 5.02 Å². The molecule has 0 radical (unpaired) electrons. The van der Waals surface area contributed by atoms with Gasteiger partial charge < -0.3 is 10.8 Å². The van der Waals surface area contributed by atoms with Crippen LogP contribution in [0.5, 0.6) is 5.75 Å². The molecule has 0 saturated heterocycles. The number of amides is 1. The van der Waals surface area contributed by atoms with Gasteiger partial charge >= 0.3 is 0 Å². The molecular weight excluding hydrogens is 372 g/mol. The highest BCUT2D eigenvalue weighted by molar-refractivity contribution is 7.07. The minimum absolute atomic E-state index is 0.0527. The molecule has 0 atom stereocenters. The first-order valence-corrected chi connectivity index (χ1v) is 8.82. The smallest absolute Gasteiger partial charge is 0.252 e. The number of carbonyl (C=O) groups excluding carboxylic acids is 1. The number of primary amides is 1. The SMILES string of the molecule is CN=c1scc(-c2ccc(O)c(C(N)=O)c2)n1/N=C\c1ccc(Cl)cc1. The molecule has 0 saturated carbocycles. The van der Waals surface area contributed by atoms with Crippen LogP contribution in [-0.4, -0.2) is 29.0 Å². The van der Waals surface area contributed by atoms with Crippen molar-refractivity contribution in [2.75, 3.05) is 7.05 Å². The fourth-order valence-electron chi connectivity index (χ4n) is 2.33. The molecule has 0 aliphatic rings. The van der Waals surface area contributed by atoms with E-state index in [9.17, 15) is 9.90 Å². The average Bonchev–Trinajstić information content (AvgIpc) is 3.04. The predicted octanol–water partition coefficient (Wildman–Crippen LogP) is 3.09. The van der Waals surface area contributed by atoms with Crippen molar-refractivity contribution in [3.05, 3.63) is 68.8 Å². The molecule has 0 spiro atoms. The lowest BCUT2D eigenvalue weighted by Gasteiger charge is -2.06. The molecule has 26 heavy (non-hydrogen) atoms. The quantitative estimate of drug-likeness (QED) is 0.674. The van der Waals surface area contributed by atoms with Crippen molar-refractivity contribution in [1.82, 2.24) is 4.68 Å². The van der Waals surface area contributed by atoms with E-state index < -0.39 is 5.91 Å². The lowest BCUT2D eigenvalue weighted by molar-refractivity contribution is 0.0998. The van der Waals surface area contributed by atoms with E-state index in [1.807, 2.05) is 17.5 Å². The predicted molar refractivity (Wildman–Crippen MR) is 104 cm³/mol. The second-order valence-electron chi connectivity index (χ2n) is 5.33. The summed E-state index contributed by atoms with van der Waals surface area (Å²) in [4.78, 5) is 16.4. The summed E-state index contributed by atoms with van der Waals surface area (Å²) >= 11 is 7.31. The summed E-state index contributed by atoms with van der Waals surface area (Å²) < 4.78 is 1.66. The normalized spacial score (nSPS) is 12.0. The molecule has 3 N–H and O–H groups in total. The van der Waals surface area contributed by atoms with E-state index in [4.69, 9.17) is 17.3 Å². The monoisotopic (exact) mass is 386 g/mol. The van der Waals surface area contributed by atoms with Gasteiger partial charge in [-0.1, -0.05) is 23.7 Å². The first-order chi connectivity index (χ1) is 12.5. The standard InChI is InChI=1S/C18H15ClN4O2S/c1-21-18-23(22-9-11-2-5-13(19)6-3-11)15(10-26-18)12-4-7-16(24)14(8-12)17(20)25/h2-10,24H,1H3,(H2,20,25)/b21-18?,22-9-. The molecule has 1 aromatic heterocycles. The van der Waals surface area contributed by atoms with Crippen molar-refractivity contribution in [3.63, 3.8) is 0 Å². The van der Waals surface area contributed by atoms with E-state index in [-0.39, 0.29) is 11.3 Å². The van der Waals surface area contributed by atoms with E-state index in [0.717, 1.165) is 11.3 Å². The Hall–Kier alpha value is -2.90. The molecule has 132 valence electrons. The number of halogens is 1. The maximum atomic E-state index is 11.5. The van der Waals surface area contributed by atoms with Crippen molar-refractivity contribution < 1.29 is 9.90 Å². The molecule has 0 aliphatic heterocycles. The number of nitrogens with two attached hydrogens (primary N) is 1. The van der Waals surface area contributed by atoms with Crippen molar-refractivity contribution in [3.8, 4) is 17.0 Å². The summed E-state index contributed by atoms with van der Waals surface area (Å²) in [5.74, 6) is -0.857. The van der Waals surface area contributed by atoms with E-state index in [2.05, 4.69) is 10.1 Å². The number of thiazole rings is 1. The molecule has 0 fully saturated rings. The Bertz CT molecular complexity index is 1050. The summed E-state index contributed by atoms with van der Waals surface area (Å²) in [5, 5.41) is 16.8. The molecular formula is C18H15ClN4O2S. The Labute approximate surface area is 158 Å². The zero-order valence-electron chi connectivity index (χ0n) is 13.8. The Morgan fingerprint density at radius 3 is 2.65 bits per heavy atom. The minimum atomic E-state index is -0.698. The summed E-state index contributed by atoms with van der Waals surface area (Å²) in [5.41, 5.74) is 7.66. The number of hydrogen-bond acceptors (Lipinski definition) is 5. The van der Waals surface area contributed by atoms with Crippen molar-refractivity contribution in [1.29, 1.82) is 0 Å². The molecule has 0 bridgehead atoms. The van der Waals surface area contributed by atoms with Gasteiger partial charge in [-0.25, -0.2) is 4.68 Å². The van der Waals surface area contributed by atoms with Crippen LogP contribution in [0.25, 0.3) is 11.3 Å². The van der Waals surface area contributed by atoms with Crippen LogP contribution in [0, 0.1) is 0 Å². The Balaban J connectivity index is 2.08. The number of aromatic nitrogens is 1. The molecule has 1 heterocycles. The molecule has 6 nitrogen and oxygen atoms in total. The second kappa shape index (κ2) is 7.55. The summed E-state index contributed by atoms with van der Waals surface area (Å²) in [6.07, 6.45) is 1.69. The summed E-state index contributed by atoms with van der Waals surface area (Å²) in [7, 11) is 1.68. The Morgan fingerprint density at radius 1 is 1.27 bits per heavy atom. The van der Waals surface area contributed by atoms with Gasteiger partial charge in [0.25, 0.3) is 5.91 Å². The Morgan fingerprint density at radius 2 is 2.00 bits per heavy atom. The van der Waals surface area contributed by atoms with Crippen molar-refractivity contribution >= 4 is 35.1 Å². The molecule has 3 rings (SSSR count). The maximum absolute atomic E-state index is 11.5. The highest BCUT2D eigenvalue weighted by Gasteiger charge is 2.13.